The van der Waals surface area contributed by atoms with Gasteiger partial charge in [0, 0.05) is 36.3 Å². The third-order valence-electron chi connectivity index (χ3n) is 3.22. The number of nitrogens with one attached hydrogen (secondary N) is 1. The van der Waals surface area contributed by atoms with Gasteiger partial charge in [-0.15, -0.1) is 0 Å². The monoisotopic (exact) mass is 290 g/mol. The third-order valence-corrected chi connectivity index (χ3v) is 3.22. The van der Waals surface area contributed by atoms with E-state index in [1.54, 1.807) is 12.1 Å². The summed E-state index contributed by atoms with van der Waals surface area (Å²) in [6, 6.07) is 9.93. The number of phenols is 1. The fraction of sp³-hybridized carbons (Fsp3) is 0.200. The Labute approximate surface area is 121 Å². The molecule has 0 heterocycles. The zero-order valence-electron chi connectivity index (χ0n) is 11.4. The van der Waals surface area contributed by atoms with Gasteiger partial charge >= 0.3 is 0 Å². The van der Waals surface area contributed by atoms with Gasteiger partial charge in [-0.3, -0.25) is 10.1 Å². The van der Waals surface area contributed by atoms with Gasteiger partial charge < -0.3 is 10.4 Å². The maximum Gasteiger partial charge on any atom is 0.269 e. The first-order valence-corrected chi connectivity index (χ1v) is 6.42. The summed E-state index contributed by atoms with van der Waals surface area (Å²) >= 11 is 0. The van der Waals surface area contributed by atoms with Crippen LogP contribution in [0, 0.1) is 15.9 Å². The smallest absolute Gasteiger partial charge is 0.269 e. The normalized spacial score (nSPS) is 12.1. The average molecular weight is 290 g/mol. The minimum Gasteiger partial charge on any atom is -0.508 e. The van der Waals surface area contributed by atoms with Gasteiger partial charge in [-0.05, 0) is 18.6 Å². The summed E-state index contributed by atoms with van der Waals surface area (Å²) in [6.45, 7) is 2.33. The van der Waals surface area contributed by atoms with E-state index in [9.17, 15) is 19.6 Å². The van der Waals surface area contributed by atoms with Crippen LogP contribution in [-0.4, -0.2) is 10.0 Å². The van der Waals surface area contributed by atoms with Crippen molar-refractivity contribution in [2.75, 3.05) is 0 Å². The largest absolute Gasteiger partial charge is 0.508 e. The van der Waals surface area contributed by atoms with Crippen molar-refractivity contribution >= 4 is 5.69 Å². The number of phenolic OH excluding ortho intramolecular Hbond substituents is 1. The van der Waals surface area contributed by atoms with E-state index in [1.807, 2.05) is 6.92 Å². The maximum atomic E-state index is 12.9. The molecule has 110 valence electrons. The van der Waals surface area contributed by atoms with E-state index in [0.717, 1.165) is 11.6 Å². The van der Waals surface area contributed by atoms with E-state index in [0.29, 0.717) is 12.1 Å². The number of nitro benzene ring substituents is 1. The van der Waals surface area contributed by atoms with E-state index in [4.69, 9.17) is 0 Å². The van der Waals surface area contributed by atoms with Crippen LogP contribution in [0.15, 0.2) is 42.5 Å². The fourth-order valence-electron chi connectivity index (χ4n) is 2.00. The second kappa shape index (κ2) is 6.32. The van der Waals surface area contributed by atoms with Gasteiger partial charge in [-0.1, -0.05) is 18.2 Å². The molecule has 0 fully saturated rings. The second-order valence-electron chi connectivity index (χ2n) is 4.73. The molecular weight excluding hydrogens is 275 g/mol. The molecule has 1 atom stereocenters. The molecule has 0 aliphatic carbocycles. The molecule has 0 spiro atoms. The van der Waals surface area contributed by atoms with Crippen LogP contribution in [-0.2, 0) is 6.54 Å². The highest BCUT2D eigenvalue weighted by atomic mass is 19.1. The highest BCUT2D eigenvalue weighted by molar-refractivity contribution is 5.35. The molecule has 2 aromatic carbocycles. The van der Waals surface area contributed by atoms with Crippen LogP contribution in [0.25, 0.3) is 0 Å². The first-order chi connectivity index (χ1) is 9.97. The Hall–Kier alpha value is -2.47. The minimum atomic E-state index is -0.487. The molecule has 1 unspecified atom stereocenters. The van der Waals surface area contributed by atoms with Crippen LogP contribution in [0.3, 0.4) is 0 Å². The summed E-state index contributed by atoms with van der Waals surface area (Å²) < 4.78 is 12.9. The zero-order chi connectivity index (χ0) is 15.4. The number of nitrogens with zero attached hydrogens (tertiary/aromatic N) is 1. The molecule has 0 aliphatic rings. The van der Waals surface area contributed by atoms with Gasteiger partial charge in [0.2, 0.25) is 0 Å². The van der Waals surface area contributed by atoms with Gasteiger partial charge in [-0.2, -0.15) is 0 Å². The quantitative estimate of drug-likeness (QED) is 0.654. The van der Waals surface area contributed by atoms with Crippen molar-refractivity contribution in [3.05, 3.63) is 69.5 Å². The molecule has 6 heteroatoms. The molecule has 0 radical (unpaired) electrons. The number of rotatable bonds is 5. The lowest BCUT2D eigenvalue weighted by Gasteiger charge is -2.15. The molecule has 0 aliphatic heterocycles. The molecule has 5 nitrogen and oxygen atoms in total. The summed E-state index contributed by atoms with van der Waals surface area (Å²) in [7, 11) is 0. The minimum absolute atomic E-state index is 0.0444. The van der Waals surface area contributed by atoms with Crippen LogP contribution >= 0.6 is 0 Å². The molecule has 0 aromatic heterocycles. The van der Waals surface area contributed by atoms with E-state index in [-0.39, 0.29) is 17.5 Å². The SMILES string of the molecule is CC(NCc1ccc([N+](=O)[O-])cc1)c1ccc(F)cc1O. The summed E-state index contributed by atoms with van der Waals surface area (Å²) in [4.78, 5) is 10.1. The molecule has 21 heavy (non-hydrogen) atoms. The molecule has 2 rings (SSSR count). The first-order valence-electron chi connectivity index (χ1n) is 6.42. The third kappa shape index (κ3) is 3.76. The Morgan fingerprint density at radius 1 is 1.29 bits per heavy atom. The summed E-state index contributed by atoms with van der Waals surface area (Å²) in [5.41, 5.74) is 1.52. The summed E-state index contributed by atoms with van der Waals surface area (Å²) in [6.07, 6.45) is 0. The molecule has 0 saturated carbocycles. The lowest BCUT2D eigenvalue weighted by atomic mass is 10.1. The number of non-ortho nitro benzene ring substituents is 1. The summed E-state index contributed by atoms with van der Waals surface area (Å²) in [5.74, 6) is -0.586. The van der Waals surface area contributed by atoms with Gasteiger partial charge in [0.25, 0.3) is 5.69 Å². The van der Waals surface area contributed by atoms with Gasteiger partial charge in [0.05, 0.1) is 4.92 Å². The maximum absolute atomic E-state index is 12.9. The van der Waals surface area contributed by atoms with Crippen molar-refractivity contribution in [1.29, 1.82) is 0 Å². The Bertz CT molecular complexity index is 644. The molecule has 0 amide bonds. The zero-order valence-corrected chi connectivity index (χ0v) is 11.4. The number of benzene rings is 2. The predicted molar refractivity (Wildman–Crippen MR) is 76.4 cm³/mol. The Kier molecular flexibility index (Phi) is 4.49. The van der Waals surface area contributed by atoms with Crippen molar-refractivity contribution in [3.8, 4) is 5.75 Å². The second-order valence-corrected chi connectivity index (χ2v) is 4.73. The van der Waals surface area contributed by atoms with Gasteiger partial charge in [0.1, 0.15) is 11.6 Å². The predicted octanol–water partition coefficient (Wildman–Crippen LogP) is 3.29. The highest BCUT2D eigenvalue weighted by Crippen LogP contribution is 2.25. The first kappa shape index (κ1) is 14.9. The van der Waals surface area contributed by atoms with Crippen LogP contribution in [0.1, 0.15) is 24.1 Å². The lowest BCUT2D eigenvalue weighted by molar-refractivity contribution is -0.384. The average Bonchev–Trinajstić information content (AvgIpc) is 2.45. The molecule has 0 bridgehead atoms. The molecule has 2 aromatic rings. The van der Waals surface area contributed by atoms with Crippen LogP contribution in [0.4, 0.5) is 10.1 Å². The Morgan fingerprint density at radius 3 is 2.52 bits per heavy atom. The molecule has 0 saturated heterocycles. The molecular formula is C15H15FN2O3. The summed E-state index contributed by atoms with van der Waals surface area (Å²) in [5, 5.41) is 23.4. The van der Waals surface area contributed by atoms with Crippen molar-refractivity contribution < 1.29 is 14.4 Å². The van der Waals surface area contributed by atoms with Crippen LogP contribution in [0.2, 0.25) is 0 Å². The van der Waals surface area contributed by atoms with E-state index >= 15 is 0 Å². The van der Waals surface area contributed by atoms with Gasteiger partial charge in [0.15, 0.2) is 0 Å². The van der Waals surface area contributed by atoms with Crippen molar-refractivity contribution in [2.45, 2.75) is 19.5 Å². The Balaban J connectivity index is 2.00. The van der Waals surface area contributed by atoms with E-state index in [2.05, 4.69) is 5.32 Å². The number of hydrogen-bond acceptors (Lipinski definition) is 4. The lowest BCUT2D eigenvalue weighted by Crippen LogP contribution is -2.18. The number of nitro groups is 1. The van der Waals surface area contributed by atoms with Gasteiger partial charge in [-0.25, -0.2) is 4.39 Å². The topological polar surface area (TPSA) is 75.4 Å². The van der Waals surface area contributed by atoms with Crippen LogP contribution < -0.4 is 5.32 Å². The fourth-order valence-corrected chi connectivity index (χ4v) is 2.00. The number of hydrogen-bond donors (Lipinski definition) is 2. The van der Waals surface area contributed by atoms with Crippen molar-refractivity contribution in [1.82, 2.24) is 5.32 Å². The van der Waals surface area contributed by atoms with Crippen LogP contribution in [0.5, 0.6) is 5.75 Å². The van der Waals surface area contributed by atoms with Crippen molar-refractivity contribution in [2.24, 2.45) is 0 Å². The Morgan fingerprint density at radius 2 is 1.95 bits per heavy atom. The standard InChI is InChI=1S/C15H15FN2O3/c1-10(14-7-4-12(16)8-15(14)19)17-9-11-2-5-13(6-3-11)18(20)21/h2-8,10,17,19H,9H2,1H3. The number of aromatic hydroxyl groups is 1. The van der Waals surface area contributed by atoms with Crippen molar-refractivity contribution in [3.63, 3.8) is 0 Å². The number of halogens is 1. The van der Waals surface area contributed by atoms with E-state index in [1.165, 1.54) is 24.3 Å². The molecule has 2 N–H and O–H groups in total. The highest BCUT2D eigenvalue weighted by Gasteiger charge is 2.11. The van der Waals surface area contributed by atoms with E-state index < -0.39 is 10.7 Å².